The number of rotatable bonds is 1. The van der Waals surface area contributed by atoms with Gasteiger partial charge in [-0.05, 0) is 16.8 Å². The lowest BCUT2D eigenvalue weighted by Gasteiger charge is -2.07. The number of benzene rings is 1. The maximum Gasteiger partial charge on any atom is 0.490 e. The minimum absolute atomic E-state index is 0.233. The first kappa shape index (κ1) is 9.80. The molecule has 0 saturated heterocycles. The van der Waals surface area contributed by atoms with Crippen LogP contribution in [0.3, 0.4) is 0 Å². The van der Waals surface area contributed by atoms with Gasteiger partial charge in [-0.1, -0.05) is 17.7 Å². The Labute approximate surface area is 89.9 Å². The maximum absolute atomic E-state index is 9.05. The Morgan fingerprint density at radius 3 is 2.79 bits per heavy atom. The van der Waals surface area contributed by atoms with Crippen LogP contribution in [0, 0.1) is 0 Å². The average molecular weight is 227 g/mol. The number of fused-ring (bicyclic) bond motifs is 1. The van der Waals surface area contributed by atoms with Crippen molar-refractivity contribution in [3.63, 3.8) is 0 Å². The summed E-state index contributed by atoms with van der Waals surface area (Å²) in [6.45, 7) is 0. The Morgan fingerprint density at radius 2 is 2.14 bits per heavy atom. The van der Waals surface area contributed by atoms with Gasteiger partial charge in [0.1, 0.15) is 0 Å². The highest BCUT2D eigenvalue weighted by Crippen LogP contribution is 2.31. The molecule has 0 radical (unpaired) electrons. The van der Waals surface area contributed by atoms with Crippen molar-refractivity contribution in [3.8, 4) is 0 Å². The van der Waals surface area contributed by atoms with Crippen LogP contribution in [0.4, 0.5) is 5.69 Å². The largest absolute Gasteiger partial charge is 0.490 e. The number of hydrogen-bond acceptors (Lipinski definition) is 4. The Kier molecular flexibility index (Phi) is 2.40. The van der Waals surface area contributed by atoms with Gasteiger partial charge in [-0.15, -0.1) is 11.3 Å². The molecule has 0 aliphatic rings. The first-order chi connectivity index (χ1) is 6.61. The summed E-state index contributed by atoms with van der Waals surface area (Å²) in [5, 5.41) is 21.2. The molecule has 0 atom stereocenters. The number of hydrogen-bond donors (Lipinski definition) is 3. The first-order valence-corrected chi connectivity index (χ1v) is 5.18. The van der Waals surface area contributed by atoms with Crippen molar-refractivity contribution in [2.45, 2.75) is 0 Å². The lowest BCUT2D eigenvalue weighted by molar-refractivity contribution is 0.426. The zero-order valence-electron chi connectivity index (χ0n) is 7.07. The van der Waals surface area contributed by atoms with Gasteiger partial charge in [-0.25, -0.2) is 0 Å². The third-order valence-corrected chi connectivity index (χ3v) is 3.48. The van der Waals surface area contributed by atoms with Gasteiger partial charge >= 0.3 is 7.12 Å². The standard InChI is InChI=1S/C8H7BClNO2S/c10-6-7(11)5(9(12)13)3-4-1-2-14-8(4)6/h1-3,12-13H,11H2. The van der Waals surface area contributed by atoms with Gasteiger partial charge in [0.2, 0.25) is 0 Å². The van der Waals surface area contributed by atoms with Crippen LogP contribution in [-0.2, 0) is 0 Å². The molecule has 0 amide bonds. The van der Waals surface area contributed by atoms with Gasteiger partial charge in [0.15, 0.2) is 0 Å². The Bertz CT molecular complexity index is 485. The molecule has 0 saturated carbocycles. The van der Waals surface area contributed by atoms with Gasteiger partial charge in [0.05, 0.1) is 15.4 Å². The number of nitrogens with two attached hydrogens (primary N) is 1. The highest BCUT2D eigenvalue weighted by Gasteiger charge is 2.19. The summed E-state index contributed by atoms with van der Waals surface area (Å²) in [4.78, 5) is 0. The molecule has 14 heavy (non-hydrogen) atoms. The van der Waals surface area contributed by atoms with Crippen molar-refractivity contribution < 1.29 is 10.0 Å². The Morgan fingerprint density at radius 1 is 1.43 bits per heavy atom. The summed E-state index contributed by atoms with van der Waals surface area (Å²) in [6.07, 6.45) is 0. The third-order valence-electron chi connectivity index (χ3n) is 2.03. The normalized spacial score (nSPS) is 10.8. The first-order valence-electron chi connectivity index (χ1n) is 3.92. The molecule has 1 heterocycles. The molecule has 2 rings (SSSR count). The van der Waals surface area contributed by atoms with Gasteiger partial charge in [-0.3, -0.25) is 0 Å². The van der Waals surface area contributed by atoms with E-state index in [0.717, 1.165) is 10.1 Å². The molecule has 2 aromatic rings. The summed E-state index contributed by atoms with van der Waals surface area (Å²) in [5.74, 6) is 0. The SMILES string of the molecule is Nc1c(B(O)O)cc2ccsc2c1Cl. The van der Waals surface area contributed by atoms with Crippen molar-refractivity contribution in [3.05, 3.63) is 22.5 Å². The summed E-state index contributed by atoms with van der Waals surface area (Å²) in [7, 11) is -1.59. The molecular formula is C8H7BClNO2S. The van der Waals surface area contributed by atoms with E-state index in [-0.39, 0.29) is 11.2 Å². The van der Waals surface area contributed by atoms with E-state index in [2.05, 4.69) is 0 Å². The molecule has 0 fully saturated rings. The van der Waals surface area contributed by atoms with E-state index in [1.54, 1.807) is 6.07 Å². The van der Waals surface area contributed by atoms with Crippen LogP contribution in [0.25, 0.3) is 10.1 Å². The van der Waals surface area contributed by atoms with Gasteiger partial charge < -0.3 is 15.8 Å². The zero-order chi connectivity index (χ0) is 10.3. The van der Waals surface area contributed by atoms with E-state index in [1.165, 1.54) is 11.3 Å². The molecular weight excluding hydrogens is 220 g/mol. The topological polar surface area (TPSA) is 66.5 Å². The molecule has 1 aromatic heterocycles. The van der Waals surface area contributed by atoms with Crippen molar-refractivity contribution in [2.75, 3.05) is 5.73 Å². The number of thiophene rings is 1. The molecule has 3 nitrogen and oxygen atoms in total. The lowest BCUT2D eigenvalue weighted by Crippen LogP contribution is -2.32. The third kappa shape index (κ3) is 1.38. The minimum Gasteiger partial charge on any atom is -0.423 e. The lowest BCUT2D eigenvalue weighted by atomic mass is 9.78. The second-order valence-corrected chi connectivity index (χ2v) is 4.20. The van der Waals surface area contributed by atoms with E-state index < -0.39 is 7.12 Å². The highest BCUT2D eigenvalue weighted by atomic mass is 35.5. The predicted octanol–water partition coefficient (Wildman–Crippen LogP) is 0.817. The summed E-state index contributed by atoms with van der Waals surface area (Å²) >= 11 is 7.45. The highest BCUT2D eigenvalue weighted by molar-refractivity contribution is 7.18. The summed E-state index contributed by atoms with van der Waals surface area (Å²) in [5.41, 5.74) is 6.15. The smallest absolute Gasteiger partial charge is 0.423 e. The van der Waals surface area contributed by atoms with Crippen LogP contribution in [0.1, 0.15) is 0 Å². The van der Waals surface area contributed by atoms with E-state index in [1.807, 2.05) is 11.4 Å². The molecule has 0 spiro atoms. The second-order valence-electron chi connectivity index (χ2n) is 2.91. The fourth-order valence-electron chi connectivity index (χ4n) is 1.32. The van der Waals surface area contributed by atoms with Gasteiger partial charge in [-0.2, -0.15) is 0 Å². The average Bonchev–Trinajstić information content (AvgIpc) is 2.58. The monoisotopic (exact) mass is 227 g/mol. The van der Waals surface area contributed by atoms with E-state index in [4.69, 9.17) is 27.4 Å². The molecule has 0 bridgehead atoms. The molecule has 0 aliphatic carbocycles. The van der Waals surface area contributed by atoms with E-state index in [0.29, 0.717) is 5.02 Å². The van der Waals surface area contributed by atoms with Crippen LogP contribution in [0.2, 0.25) is 5.02 Å². The molecule has 6 heteroatoms. The van der Waals surface area contributed by atoms with Crippen molar-refractivity contribution >= 4 is 51.3 Å². The summed E-state index contributed by atoms with van der Waals surface area (Å²) < 4.78 is 0.869. The predicted molar refractivity (Wildman–Crippen MR) is 61.1 cm³/mol. The quantitative estimate of drug-likeness (QED) is 0.499. The Hall–Kier alpha value is -0.745. The van der Waals surface area contributed by atoms with Crippen molar-refractivity contribution in [1.29, 1.82) is 0 Å². The number of halogens is 1. The van der Waals surface area contributed by atoms with E-state index in [9.17, 15) is 0 Å². The Balaban J connectivity index is 2.80. The molecule has 4 N–H and O–H groups in total. The molecule has 1 aromatic carbocycles. The minimum atomic E-state index is -1.59. The zero-order valence-corrected chi connectivity index (χ0v) is 8.64. The number of nitrogen functional groups attached to an aromatic ring is 1. The van der Waals surface area contributed by atoms with Gasteiger partial charge in [0.25, 0.3) is 0 Å². The van der Waals surface area contributed by atoms with Crippen LogP contribution in [0.15, 0.2) is 17.5 Å². The fraction of sp³-hybridized carbons (Fsp3) is 0. The van der Waals surface area contributed by atoms with Crippen LogP contribution in [0.5, 0.6) is 0 Å². The van der Waals surface area contributed by atoms with Crippen LogP contribution < -0.4 is 11.2 Å². The van der Waals surface area contributed by atoms with Crippen LogP contribution >= 0.6 is 22.9 Å². The molecule has 72 valence electrons. The molecule has 0 unspecified atom stereocenters. The fourth-order valence-corrected chi connectivity index (χ4v) is 2.50. The molecule has 0 aliphatic heterocycles. The van der Waals surface area contributed by atoms with Crippen LogP contribution in [-0.4, -0.2) is 17.2 Å². The van der Waals surface area contributed by atoms with Crippen molar-refractivity contribution in [2.24, 2.45) is 0 Å². The number of anilines is 1. The van der Waals surface area contributed by atoms with E-state index >= 15 is 0 Å². The summed E-state index contributed by atoms with van der Waals surface area (Å²) in [6, 6.07) is 3.49. The van der Waals surface area contributed by atoms with Crippen molar-refractivity contribution in [1.82, 2.24) is 0 Å². The maximum atomic E-state index is 9.05. The second kappa shape index (κ2) is 3.44. The van der Waals surface area contributed by atoms with Gasteiger partial charge in [0, 0.05) is 5.46 Å².